The number of carbonyl (C=O) groups is 3. The maximum atomic E-state index is 11.5. The second kappa shape index (κ2) is 10.6. The highest BCUT2D eigenvalue weighted by atomic mass is 28.4. The Balaban J connectivity index is 2.14. The van der Waals surface area contributed by atoms with Gasteiger partial charge in [-0.2, -0.15) is 0 Å². The zero-order chi connectivity index (χ0) is 22.1. The predicted octanol–water partition coefficient (Wildman–Crippen LogP) is 4.06. The SMILES string of the molecule is CC(=O)O[Si](CCCOc1c(C)cccc1-c1ccccc1)(OC(C)=O)OC(C)=O. The molecule has 0 spiro atoms. The van der Waals surface area contributed by atoms with Crippen molar-refractivity contribution in [2.24, 2.45) is 0 Å². The smallest absolute Gasteiger partial charge is 0.493 e. The summed E-state index contributed by atoms with van der Waals surface area (Å²) in [4.78, 5) is 34.6. The Labute approximate surface area is 177 Å². The topological polar surface area (TPSA) is 88.1 Å². The van der Waals surface area contributed by atoms with Crippen molar-refractivity contribution in [3.8, 4) is 16.9 Å². The van der Waals surface area contributed by atoms with Crippen LogP contribution in [0.5, 0.6) is 5.75 Å². The summed E-state index contributed by atoms with van der Waals surface area (Å²) in [5.74, 6) is -1.32. The summed E-state index contributed by atoms with van der Waals surface area (Å²) in [5, 5.41) is 0. The molecule has 2 rings (SSSR count). The van der Waals surface area contributed by atoms with E-state index in [0.717, 1.165) is 22.4 Å². The van der Waals surface area contributed by atoms with E-state index in [4.69, 9.17) is 18.0 Å². The summed E-state index contributed by atoms with van der Waals surface area (Å²) in [5.41, 5.74) is 2.96. The third kappa shape index (κ3) is 6.73. The Bertz CT molecular complexity index is 855. The van der Waals surface area contributed by atoms with Crippen LogP contribution in [-0.2, 0) is 27.7 Å². The van der Waals surface area contributed by atoms with Crippen LogP contribution in [0.15, 0.2) is 48.5 Å². The summed E-state index contributed by atoms with van der Waals surface area (Å²) in [6.07, 6.45) is 0.350. The Kier molecular flexibility index (Phi) is 8.17. The van der Waals surface area contributed by atoms with E-state index in [1.807, 2.05) is 55.5 Å². The van der Waals surface area contributed by atoms with Crippen LogP contribution in [0.1, 0.15) is 32.8 Å². The highest BCUT2D eigenvalue weighted by Gasteiger charge is 2.51. The zero-order valence-electron chi connectivity index (χ0n) is 17.6. The number of para-hydroxylation sites is 1. The predicted molar refractivity (Wildman–Crippen MR) is 113 cm³/mol. The normalized spacial score (nSPS) is 10.8. The van der Waals surface area contributed by atoms with Crippen LogP contribution < -0.4 is 4.74 Å². The molecule has 0 saturated heterocycles. The monoisotopic (exact) mass is 430 g/mol. The summed E-state index contributed by atoms with van der Waals surface area (Å²) in [6, 6.07) is 15.8. The average Bonchev–Trinajstić information content (AvgIpc) is 2.65. The summed E-state index contributed by atoms with van der Waals surface area (Å²) < 4.78 is 21.6. The highest BCUT2D eigenvalue weighted by Crippen LogP contribution is 2.33. The van der Waals surface area contributed by atoms with Gasteiger partial charge in [0.1, 0.15) is 5.75 Å². The molecule has 0 unspecified atom stereocenters. The van der Waals surface area contributed by atoms with Gasteiger partial charge in [-0.05, 0) is 24.5 Å². The first-order valence-electron chi connectivity index (χ1n) is 9.59. The lowest BCUT2D eigenvalue weighted by molar-refractivity contribution is -0.147. The maximum absolute atomic E-state index is 11.5. The van der Waals surface area contributed by atoms with Gasteiger partial charge in [-0.25, -0.2) is 0 Å². The van der Waals surface area contributed by atoms with Crippen molar-refractivity contribution in [2.45, 2.75) is 40.2 Å². The quantitative estimate of drug-likeness (QED) is 0.438. The second-order valence-electron chi connectivity index (χ2n) is 6.73. The first-order chi connectivity index (χ1) is 14.2. The number of aryl methyl sites for hydroxylation is 1. The van der Waals surface area contributed by atoms with E-state index >= 15 is 0 Å². The van der Waals surface area contributed by atoms with Crippen LogP contribution in [0.3, 0.4) is 0 Å². The van der Waals surface area contributed by atoms with Gasteiger partial charge in [0, 0.05) is 26.3 Å². The van der Waals surface area contributed by atoms with Gasteiger partial charge >= 0.3 is 8.80 Å². The van der Waals surface area contributed by atoms with Crippen molar-refractivity contribution in [3.63, 3.8) is 0 Å². The van der Waals surface area contributed by atoms with Crippen LogP contribution in [0.25, 0.3) is 11.1 Å². The van der Waals surface area contributed by atoms with Gasteiger partial charge in [-0.1, -0.05) is 48.5 Å². The summed E-state index contributed by atoms with van der Waals surface area (Å²) in [7, 11) is -3.84. The van der Waals surface area contributed by atoms with E-state index in [-0.39, 0.29) is 12.7 Å². The Hall–Kier alpha value is -3.13. The van der Waals surface area contributed by atoms with Crippen LogP contribution in [-0.4, -0.2) is 33.3 Å². The lowest BCUT2D eigenvalue weighted by atomic mass is 10.0. The van der Waals surface area contributed by atoms with Crippen molar-refractivity contribution in [2.75, 3.05) is 6.61 Å². The average molecular weight is 431 g/mol. The van der Waals surface area contributed by atoms with E-state index in [2.05, 4.69) is 0 Å². The zero-order valence-corrected chi connectivity index (χ0v) is 18.6. The van der Waals surface area contributed by atoms with Crippen molar-refractivity contribution in [1.29, 1.82) is 0 Å². The molecule has 0 aliphatic heterocycles. The number of rotatable bonds is 9. The molecule has 0 fully saturated rings. The first-order valence-corrected chi connectivity index (χ1v) is 11.5. The van der Waals surface area contributed by atoms with Gasteiger partial charge in [0.05, 0.1) is 12.7 Å². The Morgan fingerprint density at radius 1 is 0.800 bits per heavy atom. The number of hydrogen-bond donors (Lipinski definition) is 0. The molecule has 0 amide bonds. The lowest BCUT2D eigenvalue weighted by Gasteiger charge is -2.26. The molecule has 0 aliphatic carbocycles. The van der Waals surface area contributed by atoms with Crippen molar-refractivity contribution < 1.29 is 32.4 Å². The molecule has 0 saturated carbocycles. The van der Waals surface area contributed by atoms with E-state index in [0.29, 0.717) is 6.42 Å². The van der Waals surface area contributed by atoms with E-state index in [9.17, 15) is 14.4 Å². The molecule has 2 aromatic rings. The van der Waals surface area contributed by atoms with Crippen LogP contribution in [0.2, 0.25) is 6.04 Å². The molecular weight excluding hydrogens is 404 g/mol. The molecule has 0 aliphatic rings. The van der Waals surface area contributed by atoms with Crippen LogP contribution in [0.4, 0.5) is 0 Å². The molecule has 30 heavy (non-hydrogen) atoms. The van der Waals surface area contributed by atoms with Crippen LogP contribution in [0, 0.1) is 6.92 Å². The molecule has 2 aromatic carbocycles. The van der Waals surface area contributed by atoms with Gasteiger partial charge in [0.2, 0.25) is 0 Å². The third-order valence-electron chi connectivity index (χ3n) is 4.07. The Morgan fingerprint density at radius 3 is 1.90 bits per heavy atom. The van der Waals surface area contributed by atoms with Crippen molar-refractivity contribution >= 4 is 26.7 Å². The van der Waals surface area contributed by atoms with Gasteiger partial charge in [0.15, 0.2) is 0 Å². The molecule has 160 valence electrons. The third-order valence-corrected chi connectivity index (χ3v) is 6.83. The molecule has 0 atom stereocenters. The Morgan fingerprint density at radius 2 is 1.37 bits per heavy atom. The minimum absolute atomic E-state index is 0.0677. The van der Waals surface area contributed by atoms with E-state index < -0.39 is 26.7 Å². The molecule has 0 N–H and O–H groups in total. The molecule has 0 aromatic heterocycles. The molecule has 7 nitrogen and oxygen atoms in total. The van der Waals surface area contributed by atoms with Gasteiger partial charge in [0.25, 0.3) is 17.9 Å². The van der Waals surface area contributed by atoms with Crippen molar-refractivity contribution in [1.82, 2.24) is 0 Å². The fourth-order valence-electron chi connectivity index (χ4n) is 3.02. The van der Waals surface area contributed by atoms with Gasteiger partial charge in [-0.15, -0.1) is 0 Å². The maximum Gasteiger partial charge on any atom is 0.705 e. The summed E-state index contributed by atoms with van der Waals surface area (Å²) in [6.45, 7) is 5.72. The number of carbonyl (C=O) groups excluding carboxylic acids is 3. The highest BCUT2D eigenvalue weighted by molar-refractivity contribution is 6.65. The number of hydrogen-bond acceptors (Lipinski definition) is 7. The fraction of sp³-hybridized carbons (Fsp3) is 0.318. The number of benzene rings is 2. The fourth-order valence-corrected chi connectivity index (χ4v) is 5.35. The second-order valence-corrected chi connectivity index (χ2v) is 9.21. The standard InChI is InChI=1S/C22H26O7Si/c1-16-10-8-13-21(20-11-6-5-7-12-20)22(16)26-14-9-15-30(27-17(2)23,28-18(3)24)29-19(4)25/h5-8,10-13H,9,14-15H2,1-4H3. The molecule has 0 radical (unpaired) electrons. The molecular formula is C22H26O7Si. The molecule has 8 heteroatoms. The first kappa shape index (κ1) is 23.1. The lowest BCUT2D eigenvalue weighted by Crippen LogP contribution is -2.49. The molecule has 0 bridgehead atoms. The largest absolute Gasteiger partial charge is 0.705 e. The van der Waals surface area contributed by atoms with E-state index in [1.54, 1.807) is 0 Å². The minimum atomic E-state index is -3.84. The van der Waals surface area contributed by atoms with E-state index in [1.165, 1.54) is 20.8 Å². The minimum Gasteiger partial charge on any atom is -0.493 e. The van der Waals surface area contributed by atoms with Gasteiger partial charge < -0.3 is 18.0 Å². The van der Waals surface area contributed by atoms with Gasteiger partial charge in [-0.3, -0.25) is 14.4 Å². The molecule has 0 heterocycles. The van der Waals surface area contributed by atoms with Crippen LogP contribution >= 0.6 is 0 Å². The van der Waals surface area contributed by atoms with Crippen molar-refractivity contribution in [3.05, 3.63) is 54.1 Å². The summed E-state index contributed by atoms with van der Waals surface area (Å²) >= 11 is 0. The number of ether oxygens (including phenoxy) is 1.